The Morgan fingerprint density at radius 3 is 2.93 bits per heavy atom. The van der Waals surface area contributed by atoms with Crippen molar-refractivity contribution < 1.29 is 4.79 Å². The summed E-state index contributed by atoms with van der Waals surface area (Å²) < 4.78 is 0. The van der Waals surface area contributed by atoms with Gasteiger partial charge in [-0.2, -0.15) is 0 Å². The molecule has 1 amide bonds. The third-order valence-corrected chi connectivity index (χ3v) is 3.14. The van der Waals surface area contributed by atoms with Crippen LogP contribution >= 0.6 is 11.8 Å². The normalized spacial score (nSPS) is 24.6. The molecule has 1 atom stereocenters. The molecule has 14 heavy (non-hydrogen) atoms. The predicted molar refractivity (Wildman–Crippen MR) is 59.8 cm³/mol. The van der Waals surface area contributed by atoms with Gasteiger partial charge in [0.2, 0.25) is 5.91 Å². The van der Waals surface area contributed by atoms with Gasteiger partial charge < -0.3 is 5.32 Å². The second-order valence-corrected chi connectivity index (χ2v) is 4.32. The molecule has 1 aliphatic rings. The highest BCUT2D eigenvalue weighted by molar-refractivity contribution is 8.15. The van der Waals surface area contributed by atoms with Crippen LogP contribution < -0.4 is 5.32 Å². The van der Waals surface area contributed by atoms with Crippen molar-refractivity contribution in [3.63, 3.8) is 0 Å². The van der Waals surface area contributed by atoms with Gasteiger partial charge in [0.1, 0.15) is 0 Å². The lowest BCUT2D eigenvalue weighted by Gasteiger charge is -2.07. The lowest BCUT2D eigenvalue weighted by molar-refractivity contribution is -0.119. The predicted octanol–water partition coefficient (Wildman–Crippen LogP) is 1.38. The minimum Gasteiger partial charge on any atom is -0.304 e. The van der Waals surface area contributed by atoms with Gasteiger partial charge in [0.25, 0.3) is 0 Å². The Labute approximate surface area is 88.1 Å². The average molecular weight is 208 g/mol. The maximum absolute atomic E-state index is 11.4. The number of nitrogens with one attached hydrogen (secondary N) is 1. The molecule has 74 valence electrons. The summed E-state index contributed by atoms with van der Waals surface area (Å²) in [6.07, 6.45) is 8.01. The first kappa shape index (κ1) is 10.9. The molecule has 1 N–H and O–H groups in total. The van der Waals surface area contributed by atoms with Crippen LogP contribution in [0, 0.1) is 18.3 Å². The van der Waals surface area contributed by atoms with E-state index in [9.17, 15) is 4.79 Å². The molecule has 1 aliphatic heterocycles. The van der Waals surface area contributed by atoms with E-state index in [1.165, 1.54) is 24.0 Å². The molecule has 1 rings (SSSR count). The number of thioether (sulfide) groups is 1. The van der Waals surface area contributed by atoms with Crippen molar-refractivity contribution in [1.82, 2.24) is 5.32 Å². The summed E-state index contributed by atoms with van der Waals surface area (Å²) in [5.41, 5.74) is 0. The van der Waals surface area contributed by atoms with Crippen LogP contribution in [0.25, 0.3) is 0 Å². The van der Waals surface area contributed by atoms with Gasteiger partial charge in [0.15, 0.2) is 5.17 Å². The number of rotatable bonds is 2. The van der Waals surface area contributed by atoms with Crippen LogP contribution in [0.1, 0.15) is 13.8 Å². The minimum absolute atomic E-state index is 0.0258. The standard InChI is InChI=1S/C10H12N2OS/c1-4-5-6-11-10-12-9(13)8(14-10)7(2)3/h1,5-8H,2-3H3,(H,11,12,13)/b6-5-. The molecular formula is C10H12N2OS. The minimum atomic E-state index is -0.0343. The number of nitrogens with zero attached hydrogens (tertiary/aromatic N) is 1. The number of allylic oxidation sites excluding steroid dienone is 1. The fraction of sp³-hybridized carbons (Fsp3) is 0.400. The van der Waals surface area contributed by atoms with Crippen molar-refractivity contribution in [2.75, 3.05) is 0 Å². The summed E-state index contributed by atoms with van der Waals surface area (Å²) in [5.74, 6) is 2.66. The molecule has 0 aromatic rings. The second-order valence-electron chi connectivity index (χ2n) is 3.19. The fourth-order valence-corrected chi connectivity index (χ4v) is 1.99. The van der Waals surface area contributed by atoms with Gasteiger partial charge in [-0.1, -0.05) is 31.5 Å². The van der Waals surface area contributed by atoms with Crippen molar-refractivity contribution >= 4 is 22.8 Å². The summed E-state index contributed by atoms with van der Waals surface area (Å²) in [6.45, 7) is 4.02. The first-order chi connectivity index (χ1) is 6.65. The van der Waals surface area contributed by atoms with Crippen LogP contribution in [0.4, 0.5) is 0 Å². The summed E-state index contributed by atoms with van der Waals surface area (Å²) in [7, 11) is 0. The summed E-state index contributed by atoms with van der Waals surface area (Å²) in [4.78, 5) is 15.4. The quantitative estimate of drug-likeness (QED) is 0.696. The number of hydrogen-bond donors (Lipinski definition) is 1. The monoisotopic (exact) mass is 208 g/mol. The molecule has 0 bridgehead atoms. The molecule has 0 saturated carbocycles. The number of amides is 1. The number of terminal acetylenes is 1. The lowest BCUT2D eigenvalue weighted by atomic mass is 10.1. The van der Waals surface area contributed by atoms with Crippen molar-refractivity contribution in [2.45, 2.75) is 19.1 Å². The van der Waals surface area contributed by atoms with Crippen LogP contribution in [0.15, 0.2) is 17.3 Å². The van der Waals surface area contributed by atoms with Crippen molar-refractivity contribution in [2.24, 2.45) is 10.9 Å². The zero-order chi connectivity index (χ0) is 10.6. The Morgan fingerprint density at radius 2 is 2.43 bits per heavy atom. The molecule has 0 aliphatic carbocycles. The van der Waals surface area contributed by atoms with Crippen molar-refractivity contribution in [1.29, 1.82) is 0 Å². The number of hydrogen-bond acceptors (Lipinski definition) is 3. The summed E-state index contributed by atoms with van der Waals surface area (Å²) in [6, 6.07) is 0. The molecule has 0 radical (unpaired) electrons. The highest BCUT2D eigenvalue weighted by Crippen LogP contribution is 2.25. The SMILES string of the molecule is C#C/C=C\N=C1NC(=O)C(C(C)C)S1. The fourth-order valence-electron chi connectivity index (χ4n) is 1.03. The van der Waals surface area contributed by atoms with Gasteiger partial charge in [-0.05, 0) is 5.92 Å². The maximum atomic E-state index is 11.4. The van der Waals surface area contributed by atoms with E-state index in [4.69, 9.17) is 6.42 Å². The Hall–Kier alpha value is -1.21. The zero-order valence-electron chi connectivity index (χ0n) is 8.15. The molecule has 0 aromatic heterocycles. The van der Waals surface area contributed by atoms with Crippen molar-refractivity contribution in [3.05, 3.63) is 12.3 Å². The highest BCUT2D eigenvalue weighted by Gasteiger charge is 2.32. The van der Waals surface area contributed by atoms with Gasteiger partial charge >= 0.3 is 0 Å². The number of carbonyl (C=O) groups is 1. The van der Waals surface area contributed by atoms with Crippen LogP contribution in [0.5, 0.6) is 0 Å². The zero-order valence-corrected chi connectivity index (χ0v) is 8.97. The van der Waals surface area contributed by atoms with E-state index in [0.29, 0.717) is 11.1 Å². The van der Waals surface area contributed by atoms with E-state index in [2.05, 4.69) is 16.2 Å². The third kappa shape index (κ3) is 2.64. The van der Waals surface area contributed by atoms with E-state index in [0.717, 1.165) is 0 Å². The van der Waals surface area contributed by atoms with Gasteiger partial charge in [-0.15, -0.1) is 6.42 Å². The maximum Gasteiger partial charge on any atom is 0.239 e. The Morgan fingerprint density at radius 1 is 1.71 bits per heavy atom. The van der Waals surface area contributed by atoms with E-state index in [1.807, 2.05) is 13.8 Å². The van der Waals surface area contributed by atoms with Crippen LogP contribution in [0.2, 0.25) is 0 Å². The number of carbonyl (C=O) groups excluding carboxylic acids is 1. The van der Waals surface area contributed by atoms with E-state index < -0.39 is 0 Å². The average Bonchev–Trinajstić information content (AvgIpc) is 2.47. The molecule has 1 heterocycles. The first-order valence-electron chi connectivity index (χ1n) is 4.31. The molecule has 4 heteroatoms. The Bertz CT molecular complexity index is 326. The van der Waals surface area contributed by atoms with Gasteiger partial charge in [-0.25, -0.2) is 4.99 Å². The van der Waals surface area contributed by atoms with Crippen LogP contribution in [0.3, 0.4) is 0 Å². The van der Waals surface area contributed by atoms with Crippen LogP contribution in [-0.2, 0) is 4.79 Å². The second kappa shape index (κ2) is 4.87. The number of aliphatic imine (C=N–C) groups is 1. The largest absolute Gasteiger partial charge is 0.304 e. The van der Waals surface area contributed by atoms with E-state index >= 15 is 0 Å². The van der Waals surface area contributed by atoms with Gasteiger partial charge in [0.05, 0.1) is 5.25 Å². The first-order valence-corrected chi connectivity index (χ1v) is 5.19. The summed E-state index contributed by atoms with van der Waals surface area (Å²) in [5, 5.41) is 3.29. The molecule has 1 saturated heterocycles. The van der Waals surface area contributed by atoms with Gasteiger partial charge in [-0.3, -0.25) is 4.79 Å². The topological polar surface area (TPSA) is 41.5 Å². The van der Waals surface area contributed by atoms with Crippen molar-refractivity contribution in [3.8, 4) is 12.3 Å². The number of amidine groups is 1. The van der Waals surface area contributed by atoms with Crippen LogP contribution in [-0.4, -0.2) is 16.3 Å². The highest BCUT2D eigenvalue weighted by atomic mass is 32.2. The third-order valence-electron chi connectivity index (χ3n) is 1.70. The van der Waals surface area contributed by atoms with Gasteiger partial charge in [0, 0.05) is 12.3 Å². The molecule has 1 fully saturated rings. The Kier molecular flexibility index (Phi) is 3.78. The Balaban J connectivity index is 2.64. The molecule has 0 spiro atoms. The molecule has 3 nitrogen and oxygen atoms in total. The van der Waals surface area contributed by atoms with E-state index in [-0.39, 0.29) is 11.2 Å². The summed E-state index contributed by atoms with van der Waals surface area (Å²) >= 11 is 1.45. The lowest BCUT2D eigenvalue weighted by Crippen LogP contribution is -2.27. The van der Waals surface area contributed by atoms with E-state index in [1.54, 1.807) is 0 Å². The smallest absolute Gasteiger partial charge is 0.239 e. The molecule has 0 aromatic carbocycles. The molecular weight excluding hydrogens is 196 g/mol. The molecule has 1 unspecified atom stereocenters.